The van der Waals surface area contributed by atoms with Crippen LogP contribution >= 0.6 is 0 Å². The Kier molecular flexibility index (Phi) is 17.5. The Morgan fingerprint density at radius 1 is 0.605 bits per heavy atom. The molecule has 9 heteroatoms. The Balaban J connectivity index is 5.80. The number of unbranched alkanes of at least 4 members (excludes halogenated alkanes) is 4. The number of esters is 3. The van der Waals surface area contributed by atoms with Gasteiger partial charge in [-0.05, 0) is 40.0 Å². The zero-order valence-corrected chi connectivity index (χ0v) is 23.7. The van der Waals surface area contributed by atoms with Crippen molar-refractivity contribution < 1.29 is 43.9 Å². The highest BCUT2D eigenvalue weighted by molar-refractivity contribution is 5.88. The van der Waals surface area contributed by atoms with Gasteiger partial charge in [-0.1, -0.05) is 59.3 Å². The first-order valence-corrected chi connectivity index (χ1v) is 13.4. The number of aliphatic hydroxyl groups is 3. The molecule has 0 aromatic rings. The fraction of sp³-hybridized carbons (Fsp3) is 0.690. The van der Waals surface area contributed by atoms with Crippen molar-refractivity contribution in [2.24, 2.45) is 0 Å². The average molecular weight is 541 g/mol. The first-order chi connectivity index (χ1) is 17.7. The molecule has 0 heterocycles. The lowest BCUT2D eigenvalue weighted by atomic mass is 9.94. The molecule has 6 atom stereocenters. The van der Waals surface area contributed by atoms with Crippen LogP contribution in [-0.2, 0) is 28.6 Å². The average Bonchev–Trinajstić information content (AvgIpc) is 2.85. The summed E-state index contributed by atoms with van der Waals surface area (Å²) < 4.78 is 16.2. The van der Waals surface area contributed by atoms with Crippen molar-refractivity contribution in [2.45, 2.75) is 129 Å². The lowest BCUT2D eigenvalue weighted by Gasteiger charge is -2.31. The van der Waals surface area contributed by atoms with Crippen molar-refractivity contribution in [3.63, 3.8) is 0 Å². The van der Waals surface area contributed by atoms with E-state index in [0.717, 1.165) is 25.7 Å². The van der Waals surface area contributed by atoms with Gasteiger partial charge in [0, 0.05) is 29.6 Å². The molecule has 0 fully saturated rings. The molecule has 38 heavy (non-hydrogen) atoms. The first kappa shape index (κ1) is 35.5. The maximum absolute atomic E-state index is 12.3. The lowest BCUT2D eigenvalue weighted by molar-refractivity contribution is -0.166. The third-order valence-electron chi connectivity index (χ3n) is 6.07. The summed E-state index contributed by atoms with van der Waals surface area (Å²) in [6.07, 6.45) is -2.31. The van der Waals surface area contributed by atoms with E-state index in [1.54, 1.807) is 6.92 Å². The van der Waals surface area contributed by atoms with E-state index in [9.17, 15) is 29.7 Å². The maximum atomic E-state index is 12.3. The second-order valence-electron chi connectivity index (χ2n) is 9.96. The van der Waals surface area contributed by atoms with Crippen molar-refractivity contribution in [1.82, 2.24) is 0 Å². The zero-order chi connectivity index (χ0) is 29.4. The van der Waals surface area contributed by atoms with Crippen LogP contribution in [0.15, 0.2) is 36.5 Å². The molecule has 0 rings (SSSR count). The van der Waals surface area contributed by atoms with E-state index in [4.69, 9.17) is 14.2 Å². The molecule has 0 radical (unpaired) electrons. The van der Waals surface area contributed by atoms with Gasteiger partial charge in [0.2, 0.25) is 0 Å². The highest BCUT2D eigenvalue weighted by atomic mass is 16.6. The molecule has 0 spiro atoms. The lowest BCUT2D eigenvalue weighted by Crippen LogP contribution is -2.43. The Hall–Kier alpha value is -2.49. The van der Waals surface area contributed by atoms with Gasteiger partial charge >= 0.3 is 17.9 Å². The number of carbonyl (C=O) groups excluding carboxylic acids is 3. The van der Waals surface area contributed by atoms with Gasteiger partial charge in [0.25, 0.3) is 0 Å². The molecule has 0 saturated carbocycles. The summed E-state index contributed by atoms with van der Waals surface area (Å²) in [6, 6.07) is 0. The fourth-order valence-electron chi connectivity index (χ4n) is 3.60. The molecule has 0 aliphatic rings. The monoisotopic (exact) mass is 540 g/mol. The molecule has 0 bridgehead atoms. The molecular formula is C29H48O9. The minimum atomic E-state index is -1.43. The topological polar surface area (TPSA) is 140 Å². The van der Waals surface area contributed by atoms with E-state index < -0.39 is 54.5 Å². The van der Waals surface area contributed by atoms with Crippen LogP contribution in [0.25, 0.3) is 0 Å². The Bertz CT molecular complexity index is 804. The SMILES string of the molecule is C=C(C)C(=O)OC(CCCCCCC)C(O)CC(OC(=O)C(=C)C)C(O)CC(OC(=O)C(=C)C)C(O)CC. The van der Waals surface area contributed by atoms with E-state index in [2.05, 4.69) is 26.7 Å². The predicted octanol–water partition coefficient (Wildman–Crippen LogP) is 4.08. The Labute approximate surface area is 227 Å². The summed E-state index contributed by atoms with van der Waals surface area (Å²) >= 11 is 0. The molecule has 0 aromatic heterocycles. The van der Waals surface area contributed by atoms with E-state index in [1.807, 2.05) is 0 Å². The molecule has 0 saturated heterocycles. The van der Waals surface area contributed by atoms with Crippen molar-refractivity contribution >= 4 is 17.9 Å². The standard InChI is InChI=1S/C29H48O9/c1-9-11-12-13-14-15-24(36-27(33)18(3)4)22(31)16-26(38-29(35)20(7)8)23(32)17-25(21(30)10-2)37-28(34)19(5)6/h21-26,30-32H,3,5,7,9-17H2,1-2,4,6,8H3. The molecule has 0 amide bonds. The van der Waals surface area contributed by atoms with Gasteiger partial charge in [-0.15, -0.1) is 0 Å². The molecule has 6 unspecified atom stereocenters. The highest BCUT2D eigenvalue weighted by Crippen LogP contribution is 2.23. The van der Waals surface area contributed by atoms with Crippen molar-refractivity contribution in [3.05, 3.63) is 36.5 Å². The van der Waals surface area contributed by atoms with Crippen LogP contribution < -0.4 is 0 Å². The van der Waals surface area contributed by atoms with Crippen LogP contribution in [0.4, 0.5) is 0 Å². The zero-order valence-electron chi connectivity index (χ0n) is 23.7. The van der Waals surface area contributed by atoms with Gasteiger partial charge in [-0.3, -0.25) is 0 Å². The molecule has 218 valence electrons. The molecular weight excluding hydrogens is 492 g/mol. The van der Waals surface area contributed by atoms with Gasteiger partial charge in [0.15, 0.2) is 0 Å². The predicted molar refractivity (Wildman–Crippen MR) is 145 cm³/mol. The van der Waals surface area contributed by atoms with Gasteiger partial charge in [0.05, 0.1) is 18.3 Å². The number of hydrogen-bond donors (Lipinski definition) is 3. The van der Waals surface area contributed by atoms with Crippen LogP contribution in [0, 0.1) is 0 Å². The smallest absolute Gasteiger partial charge is 0.333 e. The van der Waals surface area contributed by atoms with Crippen LogP contribution in [0.3, 0.4) is 0 Å². The second kappa shape index (κ2) is 18.7. The minimum Gasteiger partial charge on any atom is -0.456 e. The third kappa shape index (κ3) is 13.9. The largest absolute Gasteiger partial charge is 0.456 e. The number of rotatable bonds is 20. The minimum absolute atomic E-state index is 0.0803. The quantitative estimate of drug-likeness (QED) is 0.0902. The third-order valence-corrected chi connectivity index (χ3v) is 6.07. The van der Waals surface area contributed by atoms with Gasteiger partial charge < -0.3 is 29.5 Å². The number of ether oxygens (including phenoxy) is 3. The van der Waals surface area contributed by atoms with Crippen LogP contribution in [0.1, 0.15) is 92.4 Å². The van der Waals surface area contributed by atoms with Crippen LogP contribution in [0.5, 0.6) is 0 Å². The van der Waals surface area contributed by atoms with E-state index in [0.29, 0.717) is 12.8 Å². The van der Waals surface area contributed by atoms with Gasteiger partial charge in [-0.2, -0.15) is 0 Å². The summed E-state index contributed by atoms with van der Waals surface area (Å²) in [5, 5.41) is 32.4. The van der Waals surface area contributed by atoms with Crippen molar-refractivity contribution in [3.8, 4) is 0 Å². The maximum Gasteiger partial charge on any atom is 0.333 e. The van der Waals surface area contributed by atoms with Crippen LogP contribution in [0.2, 0.25) is 0 Å². The molecule has 0 aliphatic heterocycles. The van der Waals surface area contributed by atoms with E-state index in [-0.39, 0.29) is 36.0 Å². The second-order valence-corrected chi connectivity index (χ2v) is 9.96. The molecule has 3 N–H and O–H groups in total. The number of aliphatic hydroxyl groups excluding tert-OH is 3. The highest BCUT2D eigenvalue weighted by Gasteiger charge is 2.35. The van der Waals surface area contributed by atoms with E-state index in [1.165, 1.54) is 20.8 Å². The van der Waals surface area contributed by atoms with Crippen LogP contribution in [-0.4, -0.2) is 69.9 Å². The molecule has 0 aliphatic carbocycles. The normalized spacial score (nSPS) is 15.8. The fourth-order valence-corrected chi connectivity index (χ4v) is 3.60. The summed E-state index contributed by atoms with van der Waals surface area (Å²) in [4.78, 5) is 36.6. The number of hydrogen-bond acceptors (Lipinski definition) is 9. The summed E-state index contributed by atoms with van der Waals surface area (Å²) in [6.45, 7) is 18.8. The van der Waals surface area contributed by atoms with Gasteiger partial charge in [0.1, 0.15) is 18.3 Å². The summed E-state index contributed by atoms with van der Waals surface area (Å²) in [5.41, 5.74) is 0.375. The van der Waals surface area contributed by atoms with Crippen molar-refractivity contribution in [1.29, 1.82) is 0 Å². The summed E-state index contributed by atoms with van der Waals surface area (Å²) in [7, 11) is 0. The molecule has 0 aromatic carbocycles. The number of carbonyl (C=O) groups is 3. The van der Waals surface area contributed by atoms with E-state index >= 15 is 0 Å². The Morgan fingerprint density at radius 2 is 0.974 bits per heavy atom. The summed E-state index contributed by atoms with van der Waals surface area (Å²) in [5.74, 6) is -2.18. The van der Waals surface area contributed by atoms with Gasteiger partial charge in [-0.25, -0.2) is 14.4 Å². The Morgan fingerprint density at radius 3 is 1.37 bits per heavy atom. The first-order valence-electron chi connectivity index (χ1n) is 13.4. The molecule has 9 nitrogen and oxygen atoms in total. The van der Waals surface area contributed by atoms with Crippen molar-refractivity contribution in [2.75, 3.05) is 0 Å².